The Morgan fingerprint density at radius 2 is 1.58 bits per heavy atom. The normalized spacial score (nSPS) is 23.9. The molecule has 0 radical (unpaired) electrons. The Labute approximate surface area is 113 Å². The van der Waals surface area contributed by atoms with Crippen molar-refractivity contribution < 1.29 is 15.5 Å². The van der Waals surface area contributed by atoms with Gasteiger partial charge < -0.3 is 15.5 Å². The largest absolute Gasteiger partial charge is 0.392 e. The van der Waals surface area contributed by atoms with Crippen molar-refractivity contribution in [3.63, 3.8) is 0 Å². The standard InChI is InChI=1S/C14H22N2O3/c1-13(2)14(3,4)16(19)12(15(13)18)11-7-5-6-10(8-11)9-17/h5-8,12,17-19H,9H2,1-4H3. The maximum absolute atomic E-state index is 10.4. The predicted molar refractivity (Wildman–Crippen MR) is 70.5 cm³/mol. The quantitative estimate of drug-likeness (QED) is 0.765. The second kappa shape index (κ2) is 4.54. The van der Waals surface area contributed by atoms with E-state index in [1.165, 1.54) is 10.1 Å². The summed E-state index contributed by atoms with van der Waals surface area (Å²) in [4.78, 5) is 0. The molecule has 0 amide bonds. The molecule has 1 heterocycles. The molecule has 106 valence electrons. The number of benzene rings is 1. The maximum Gasteiger partial charge on any atom is 0.136 e. The van der Waals surface area contributed by atoms with E-state index in [1.54, 1.807) is 18.2 Å². The van der Waals surface area contributed by atoms with Gasteiger partial charge in [-0.05, 0) is 38.8 Å². The second-order valence-corrected chi connectivity index (χ2v) is 6.08. The van der Waals surface area contributed by atoms with E-state index in [-0.39, 0.29) is 6.61 Å². The summed E-state index contributed by atoms with van der Waals surface area (Å²) in [6.45, 7) is 7.46. The molecule has 19 heavy (non-hydrogen) atoms. The van der Waals surface area contributed by atoms with Crippen molar-refractivity contribution in [2.75, 3.05) is 0 Å². The summed E-state index contributed by atoms with van der Waals surface area (Å²) in [6.07, 6.45) is -0.642. The van der Waals surface area contributed by atoms with Gasteiger partial charge in [-0.25, -0.2) is 0 Å². The van der Waals surface area contributed by atoms with Gasteiger partial charge in [-0.2, -0.15) is 10.1 Å². The van der Waals surface area contributed by atoms with Gasteiger partial charge in [-0.3, -0.25) is 0 Å². The van der Waals surface area contributed by atoms with E-state index >= 15 is 0 Å². The van der Waals surface area contributed by atoms with Crippen molar-refractivity contribution in [3.05, 3.63) is 35.4 Å². The first-order chi connectivity index (χ1) is 8.73. The van der Waals surface area contributed by atoms with Gasteiger partial charge in [0.05, 0.1) is 17.7 Å². The topological polar surface area (TPSA) is 67.2 Å². The molecule has 0 aromatic heterocycles. The summed E-state index contributed by atoms with van der Waals surface area (Å²) in [6, 6.07) is 7.22. The Kier molecular flexibility index (Phi) is 3.45. The van der Waals surface area contributed by atoms with Crippen LogP contribution < -0.4 is 0 Å². The van der Waals surface area contributed by atoms with Gasteiger partial charge in [-0.1, -0.05) is 24.3 Å². The lowest BCUT2D eigenvalue weighted by Gasteiger charge is -2.37. The van der Waals surface area contributed by atoms with Gasteiger partial charge in [-0.15, -0.1) is 0 Å². The van der Waals surface area contributed by atoms with E-state index in [2.05, 4.69) is 0 Å². The molecule has 3 N–H and O–H groups in total. The third kappa shape index (κ3) is 1.98. The van der Waals surface area contributed by atoms with Crippen LogP contribution in [-0.2, 0) is 6.61 Å². The van der Waals surface area contributed by atoms with Gasteiger partial charge in [0.2, 0.25) is 0 Å². The first kappa shape index (κ1) is 14.4. The molecule has 0 saturated carbocycles. The Hall–Kier alpha value is -0.980. The number of aliphatic hydroxyl groups is 1. The molecule has 5 nitrogen and oxygen atoms in total. The van der Waals surface area contributed by atoms with Crippen LogP contribution >= 0.6 is 0 Å². The van der Waals surface area contributed by atoms with E-state index in [1.807, 2.05) is 33.8 Å². The Morgan fingerprint density at radius 3 is 2.05 bits per heavy atom. The lowest BCUT2D eigenvalue weighted by Crippen LogP contribution is -2.52. The summed E-state index contributed by atoms with van der Waals surface area (Å²) in [5, 5.41) is 32.3. The van der Waals surface area contributed by atoms with Crippen LogP contribution in [0.25, 0.3) is 0 Å². The highest BCUT2D eigenvalue weighted by molar-refractivity contribution is 5.27. The summed E-state index contributed by atoms with van der Waals surface area (Å²) in [5.41, 5.74) is 0.278. The highest BCUT2D eigenvalue weighted by Crippen LogP contribution is 2.47. The molecule has 0 spiro atoms. The Morgan fingerprint density at radius 1 is 1.05 bits per heavy atom. The van der Waals surface area contributed by atoms with Crippen LogP contribution in [0.4, 0.5) is 0 Å². The van der Waals surface area contributed by atoms with Gasteiger partial charge in [0.15, 0.2) is 0 Å². The summed E-state index contributed by atoms with van der Waals surface area (Å²) in [5.74, 6) is 0. The van der Waals surface area contributed by atoms with Crippen molar-refractivity contribution in [3.8, 4) is 0 Å². The summed E-state index contributed by atoms with van der Waals surface area (Å²) in [7, 11) is 0. The van der Waals surface area contributed by atoms with E-state index in [0.29, 0.717) is 0 Å². The van der Waals surface area contributed by atoms with E-state index < -0.39 is 17.2 Å². The van der Waals surface area contributed by atoms with Gasteiger partial charge in [0, 0.05) is 0 Å². The van der Waals surface area contributed by atoms with Crippen molar-refractivity contribution in [1.82, 2.24) is 10.1 Å². The van der Waals surface area contributed by atoms with Crippen molar-refractivity contribution in [1.29, 1.82) is 0 Å². The highest BCUT2D eigenvalue weighted by atomic mass is 16.6. The van der Waals surface area contributed by atoms with E-state index in [0.717, 1.165) is 11.1 Å². The SMILES string of the molecule is CC1(C)N(O)C(c2cccc(CO)c2)N(O)C1(C)C. The highest BCUT2D eigenvalue weighted by Gasteiger charge is 2.58. The lowest BCUT2D eigenvalue weighted by molar-refractivity contribution is -0.223. The second-order valence-electron chi connectivity index (χ2n) is 6.08. The molecule has 5 heteroatoms. The molecule has 1 aromatic rings. The Balaban J connectivity index is 2.45. The zero-order valence-electron chi connectivity index (χ0n) is 11.8. The molecule has 0 unspecified atom stereocenters. The molecule has 1 saturated heterocycles. The van der Waals surface area contributed by atoms with Crippen LogP contribution in [0.2, 0.25) is 0 Å². The van der Waals surface area contributed by atoms with E-state index in [4.69, 9.17) is 0 Å². The smallest absolute Gasteiger partial charge is 0.136 e. The fraction of sp³-hybridized carbons (Fsp3) is 0.571. The fourth-order valence-electron chi connectivity index (χ4n) is 2.41. The molecule has 2 rings (SSSR count). The molecule has 1 aliphatic heterocycles. The summed E-state index contributed by atoms with van der Waals surface area (Å²) < 4.78 is 0. The minimum absolute atomic E-state index is 0.0653. The third-order valence-corrected chi connectivity index (χ3v) is 4.54. The first-order valence-electron chi connectivity index (χ1n) is 6.39. The van der Waals surface area contributed by atoms with E-state index in [9.17, 15) is 15.5 Å². The van der Waals surface area contributed by atoms with Crippen molar-refractivity contribution in [2.24, 2.45) is 0 Å². The van der Waals surface area contributed by atoms with Crippen molar-refractivity contribution >= 4 is 0 Å². The zero-order valence-corrected chi connectivity index (χ0v) is 11.8. The van der Waals surface area contributed by atoms with Crippen LogP contribution in [-0.4, -0.2) is 36.7 Å². The number of rotatable bonds is 2. The average molecular weight is 266 g/mol. The first-order valence-corrected chi connectivity index (χ1v) is 6.39. The van der Waals surface area contributed by atoms with Crippen LogP contribution in [0.1, 0.15) is 45.0 Å². The van der Waals surface area contributed by atoms with Gasteiger partial charge >= 0.3 is 0 Å². The minimum atomic E-state index is -0.642. The number of hydrogen-bond donors (Lipinski definition) is 3. The number of hydrogen-bond acceptors (Lipinski definition) is 5. The molecule has 0 atom stereocenters. The fourth-order valence-corrected chi connectivity index (χ4v) is 2.41. The molecular formula is C14H22N2O3. The third-order valence-electron chi connectivity index (χ3n) is 4.54. The number of aliphatic hydroxyl groups excluding tert-OH is 1. The lowest BCUT2D eigenvalue weighted by atomic mass is 9.84. The molecule has 1 fully saturated rings. The van der Waals surface area contributed by atoms with Gasteiger partial charge in [0.1, 0.15) is 6.17 Å². The monoisotopic (exact) mass is 266 g/mol. The average Bonchev–Trinajstić information content (AvgIpc) is 2.49. The Bertz CT molecular complexity index is 454. The van der Waals surface area contributed by atoms with Crippen LogP contribution in [0.3, 0.4) is 0 Å². The van der Waals surface area contributed by atoms with Gasteiger partial charge in [0.25, 0.3) is 0 Å². The predicted octanol–water partition coefficient (Wildman–Crippen LogP) is 2.13. The zero-order chi connectivity index (χ0) is 14.4. The maximum atomic E-state index is 10.4. The molecule has 0 bridgehead atoms. The molecular weight excluding hydrogens is 244 g/mol. The minimum Gasteiger partial charge on any atom is -0.392 e. The summed E-state index contributed by atoms with van der Waals surface area (Å²) >= 11 is 0. The number of nitrogens with zero attached hydrogens (tertiary/aromatic N) is 2. The van der Waals surface area contributed by atoms with Crippen LogP contribution in [0.15, 0.2) is 24.3 Å². The van der Waals surface area contributed by atoms with Crippen LogP contribution in [0, 0.1) is 0 Å². The van der Waals surface area contributed by atoms with Crippen molar-refractivity contribution in [2.45, 2.75) is 51.5 Å². The molecule has 0 aliphatic carbocycles. The molecule has 1 aromatic carbocycles. The molecule has 1 aliphatic rings. The number of hydroxylamine groups is 4. The van der Waals surface area contributed by atoms with Crippen LogP contribution in [0.5, 0.6) is 0 Å².